The van der Waals surface area contributed by atoms with Gasteiger partial charge < -0.3 is 15.4 Å². The molecule has 104 valence electrons. The van der Waals surface area contributed by atoms with Crippen LogP contribution in [-0.2, 0) is 9.53 Å². The van der Waals surface area contributed by atoms with Crippen LogP contribution >= 0.6 is 11.6 Å². The highest BCUT2D eigenvalue weighted by atomic mass is 35.5. The number of amides is 1. The summed E-state index contributed by atoms with van der Waals surface area (Å²) in [6, 6.07) is 4.71. The number of nitrogens with two attached hydrogens (primary N) is 1. The summed E-state index contributed by atoms with van der Waals surface area (Å²) in [5.74, 6) is -0.609. The van der Waals surface area contributed by atoms with E-state index in [-0.39, 0.29) is 24.8 Å². The Labute approximate surface area is 117 Å². The molecular weight excluding hydrogens is 268 g/mol. The number of esters is 1. The third kappa shape index (κ3) is 4.44. The zero-order chi connectivity index (χ0) is 14.4. The van der Waals surface area contributed by atoms with Gasteiger partial charge in [0.05, 0.1) is 23.6 Å². The van der Waals surface area contributed by atoms with Gasteiger partial charge in [0, 0.05) is 19.3 Å². The minimum Gasteiger partial charge on any atom is -0.466 e. The number of carbonyl (C=O) groups is 2. The van der Waals surface area contributed by atoms with E-state index in [0.717, 1.165) is 0 Å². The van der Waals surface area contributed by atoms with Gasteiger partial charge in [0.1, 0.15) is 0 Å². The highest BCUT2D eigenvalue weighted by molar-refractivity contribution is 6.34. The monoisotopic (exact) mass is 284 g/mol. The molecule has 0 unspecified atom stereocenters. The SMILES string of the molecule is CCOC(=O)CCN(C)C(=O)c1cc(N)ccc1Cl. The summed E-state index contributed by atoms with van der Waals surface area (Å²) in [7, 11) is 1.60. The lowest BCUT2D eigenvalue weighted by molar-refractivity contribution is -0.143. The fraction of sp³-hybridized carbons (Fsp3) is 0.385. The number of rotatable bonds is 5. The van der Waals surface area contributed by atoms with Gasteiger partial charge in [0.2, 0.25) is 0 Å². The number of halogens is 1. The molecule has 0 aliphatic heterocycles. The number of nitrogen functional groups attached to an aromatic ring is 1. The van der Waals surface area contributed by atoms with E-state index in [1.807, 2.05) is 0 Å². The van der Waals surface area contributed by atoms with Crippen LogP contribution in [0.25, 0.3) is 0 Å². The standard InChI is InChI=1S/C13H17ClN2O3/c1-3-19-12(17)6-7-16(2)13(18)10-8-9(15)4-5-11(10)14/h4-5,8H,3,6-7,15H2,1-2H3. The van der Waals surface area contributed by atoms with Gasteiger partial charge in [0.15, 0.2) is 0 Å². The van der Waals surface area contributed by atoms with Gasteiger partial charge in [-0.1, -0.05) is 11.6 Å². The molecule has 19 heavy (non-hydrogen) atoms. The third-order valence-electron chi connectivity index (χ3n) is 2.52. The summed E-state index contributed by atoms with van der Waals surface area (Å²) in [6.45, 7) is 2.33. The predicted octanol–water partition coefficient (Wildman–Crippen LogP) is 1.95. The fourth-order valence-corrected chi connectivity index (χ4v) is 1.70. The van der Waals surface area contributed by atoms with Gasteiger partial charge >= 0.3 is 5.97 Å². The van der Waals surface area contributed by atoms with Crippen molar-refractivity contribution in [2.24, 2.45) is 0 Å². The quantitative estimate of drug-likeness (QED) is 0.662. The van der Waals surface area contributed by atoms with Crippen molar-refractivity contribution in [1.82, 2.24) is 4.90 Å². The summed E-state index contributed by atoms with van der Waals surface area (Å²) in [5.41, 5.74) is 6.41. The van der Waals surface area contributed by atoms with Crippen LogP contribution in [0.15, 0.2) is 18.2 Å². The second-order valence-electron chi connectivity index (χ2n) is 4.02. The number of hydrogen-bond donors (Lipinski definition) is 1. The van der Waals surface area contributed by atoms with Crippen molar-refractivity contribution in [3.8, 4) is 0 Å². The van der Waals surface area contributed by atoms with Crippen LogP contribution in [-0.4, -0.2) is 37.0 Å². The molecule has 5 nitrogen and oxygen atoms in total. The second kappa shape index (κ2) is 6.99. The molecule has 0 heterocycles. The van der Waals surface area contributed by atoms with Gasteiger partial charge in [-0.05, 0) is 25.1 Å². The predicted molar refractivity (Wildman–Crippen MR) is 74.1 cm³/mol. The van der Waals surface area contributed by atoms with E-state index in [4.69, 9.17) is 22.1 Å². The van der Waals surface area contributed by atoms with Gasteiger partial charge in [-0.2, -0.15) is 0 Å². The van der Waals surface area contributed by atoms with E-state index in [1.165, 1.54) is 11.0 Å². The van der Waals surface area contributed by atoms with Crippen molar-refractivity contribution in [3.05, 3.63) is 28.8 Å². The first kappa shape index (κ1) is 15.3. The van der Waals surface area contributed by atoms with Crippen molar-refractivity contribution in [2.75, 3.05) is 25.9 Å². The minimum absolute atomic E-state index is 0.149. The first-order valence-corrected chi connectivity index (χ1v) is 6.29. The summed E-state index contributed by atoms with van der Waals surface area (Å²) < 4.78 is 4.80. The molecule has 1 aromatic carbocycles. The van der Waals surface area contributed by atoms with Gasteiger partial charge in [-0.15, -0.1) is 0 Å². The maximum absolute atomic E-state index is 12.1. The Balaban J connectivity index is 2.66. The van der Waals surface area contributed by atoms with Crippen LogP contribution < -0.4 is 5.73 Å². The zero-order valence-corrected chi connectivity index (χ0v) is 11.7. The van der Waals surface area contributed by atoms with E-state index < -0.39 is 0 Å². The topological polar surface area (TPSA) is 72.6 Å². The first-order chi connectivity index (χ1) is 8.95. The van der Waals surface area contributed by atoms with Crippen LogP contribution in [0, 0.1) is 0 Å². The van der Waals surface area contributed by atoms with E-state index in [0.29, 0.717) is 22.9 Å². The highest BCUT2D eigenvalue weighted by Gasteiger charge is 2.16. The number of carbonyl (C=O) groups excluding carboxylic acids is 2. The van der Waals surface area contributed by atoms with Crippen LogP contribution in [0.4, 0.5) is 5.69 Å². The molecule has 0 aromatic heterocycles. The number of ether oxygens (including phenoxy) is 1. The highest BCUT2D eigenvalue weighted by Crippen LogP contribution is 2.20. The fourth-order valence-electron chi connectivity index (χ4n) is 1.51. The van der Waals surface area contributed by atoms with E-state index in [9.17, 15) is 9.59 Å². The zero-order valence-electron chi connectivity index (χ0n) is 11.0. The van der Waals surface area contributed by atoms with Crippen LogP contribution in [0.1, 0.15) is 23.7 Å². The Morgan fingerprint density at radius 2 is 2.11 bits per heavy atom. The van der Waals surface area contributed by atoms with Crippen molar-refractivity contribution in [3.63, 3.8) is 0 Å². The molecule has 1 amide bonds. The van der Waals surface area contributed by atoms with E-state index in [2.05, 4.69) is 0 Å². The second-order valence-corrected chi connectivity index (χ2v) is 4.43. The molecule has 1 aromatic rings. The Hall–Kier alpha value is -1.75. The van der Waals surface area contributed by atoms with Crippen LogP contribution in [0.2, 0.25) is 5.02 Å². The molecular formula is C13H17ClN2O3. The lowest BCUT2D eigenvalue weighted by Gasteiger charge is -2.17. The summed E-state index contributed by atoms with van der Waals surface area (Å²) in [5, 5.41) is 0.335. The molecule has 2 N–H and O–H groups in total. The smallest absolute Gasteiger partial charge is 0.307 e. The van der Waals surface area contributed by atoms with Gasteiger partial charge in [-0.25, -0.2) is 0 Å². The summed E-state index contributed by atoms with van der Waals surface area (Å²) >= 11 is 5.95. The van der Waals surface area contributed by atoms with Gasteiger partial charge in [-0.3, -0.25) is 9.59 Å². The minimum atomic E-state index is -0.333. The average Bonchev–Trinajstić information content (AvgIpc) is 2.38. The maximum atomic E-state index is 12.1. The molecule has 1 rings (SSSR count). The largest absolute Gasteiger partial charge is 0.466 e. The summed E-state index contributed by atoms with van der Waals surface area (Å²) in [6.07, 6.45) is 0.149. The summed E-state index contributed by atoms with van der Waals surface area (Å²) in [4.78, 5) is 24.8. The first-order valence-electron chi connectivity index (χ1n) is 5.91. The Morgan fingerprint density at radius 3 is 2.74 bits per heavy atom. The molecule has 0 bridgehead atoms. The van der Waals surface area contributed by atoms with Crippen LogP contribution in [0.5, 0.6) is 0 Å². The number of anilines is 1. The number of nitrogens with zero attached hydrogens (tertiary/aromatic N) is 1. The molecule has 0 saturated carbocycles. The molecule has 0 spiro atoms. The van der Waals surface area contributed by atoms with Crippen molar-refractivity contribution >= 4 is 29.2 Å². The Bertz CT molecular complexity index is 477. The lowest BCUT2D eigenvalue weighted by atomic mass is 10.1. The molecule has 0 aliphatic rings. The third-order valence-corrected chi connectivity index (χ3v) is 2.85. The molecule has 0 atom stereocenters. The molecule has 0 saturated heterocycles. The lowest BCUT2D eigenvalue weighted by Crippen LogP contribution is -2.29. The normalized spacial score (nSPS) is 10.1. The van der Waals surface area contributed by atoms with Crippen molar-refractivity contribution in [1.29, 1.82) is 0 Å². The maximum Gasteiger partial charge on any atom is 0.307 e. The van der Waals surface area contributed by atoms with E-state index in [1.54, 1.807) is 26.1 Å². The molecule has 0 radical (unpaired) electrons. The molecule has 0 fully saturated rings. The van der Waals surface area contributed by atoms with Crippen molar-refractivity contribution in [2.45, 2.75) is 13.3 Å². The number of benzene rings is 1. The molecule has 6 heteroatoms. The Kier molecular flexibility index (Phi) is 5.63. The number of hydrogen-bond acceptors (Lipinski definition) is 4. The van der Waals surface area contributed by atoms with Crippen molar-refractivity contribution < 1.29 is 14.3 Å². The van der Waals surface area contributed by atoms with Crippen LogP contribution in [0.3, 0.4) is 0 Å². The average molecular weight is 285 g/mol. The Morgan fingerprint density at radius 1 is 1.42 bits per heavy atom. The molecule has 0 aliphatic carbocycles. The van der Waals surface area contributed by atoms with Gasteiger partial charge in [0.25, 0.3) is 5.91 Å². The van der Waals surface area contributed by atoms with E-state index >= 15 is 0 Å².